The summed E-state index contributed by atoms with van der Waals surface area (Å²) >= 11 is 0. The summed E-state index contributed by atoms with van der Waals surface area (Å²) in [6.45, 7) is 2.21. The molecule has 31 heavy (non-hydrogen) atoms. The fraction of sp³-hybridized carbons (Fsp3) is 0.208. The molecule has 0 spiro atoms. The lowest BCUT2D eigenvalue weighted by molar-refractivity contribution is 0.0993. The third-order valence-corrected chi connectivity index (χ3v) is 5.91. The molecule has 0 radical (unpaired) electrons. The van der Waals surface area contributed by atoms with Gasteiger partial charge in [0, 0.05) is 18.4 Å². The molecule has 7 heteroatoms. The number of carbonyl (C=O) groups is 1. The third-order valence-electron chi connectivity index (χ3n) is 4.58. The monoisotopic (exact) mass is 440 g/mol. The van der Waals surface area contributed by atoms with E-state index >= 15 is 0 Å². The van der Waals surface area contributed by atoms with Crippen molar-refractivity contribution in [1.29, 1.82) is 0 Å². The molecule has 0 unspecified atom stereocenters. The summed E-state index contributed by atoms with van der Waals surface area (Å²) in [7, 11) is -3.77. The van der Waals surface area contributed by atoms with Crippen LogP contribution in [0.1, 0.15) is 27.9 Å². The van der Waals surface area contributed by atoms with Crippen molar-refractivity contribution >= 4 is 15.9 Å². The van der Waals surface area contributed by atoms with Crippen molar-refractivity contribution in [3.63, 3.8) is 0 Å². The van der Waals surface area contributed by atoms with Crippen molar-refractivity contribution < 1.29 is 27.2 Å². The van der Waals surface area contributed by atoms with E-state index in [-0.39, 0.29) is 29.5 Å². The number of carbonyl (C=O) groups excluding carboxylic acids is 1. The van der Waals surface area contributed by atoms with Crippen molar-refractivity contribution in [2.24, 2.45) is 0 Å². The number of aromatic hydroxyl groups is 1. The van der Waals surface area contributed by atoms with Crippen molar-refractivity contribution in [2.45, 2.75) is 24.7 Å². The second-order valence-corrected chi connectivity index (χ2v) is 8.70. The number of aryl methyl sites for hydroxylation is 1. The van der Waals surface area contributed by atoms with Crippen LogP contribution in [0.15, 0.2) is 77.7 Å². The topological polar surface area (TPSA) is 89.9 Å². The molecular formula is C24H24O6S. The van der Waals surface area contributed by atoms with E-state index in [1.165, 1.54) is 24.3 Å². The molecule has 0 aliphatic rings. The van der Waals surface area contributed by atoms with Crippen LogP contribution in [-0.4, -0.2) is 32.5 Å². The smallest absolute Gasteiger partial charge is 0.296 e. The number of ether oxygens (including phenoxy) is 1. The molecule has 0 atom stereocenters. The molecule has 162 valence electrons. The van der Waals surface area contributed by atoms with Crippen LogP contribution in [0, 0.1) is 6.92 Å². The van der Waals surface area contributed by atoms with Gasteiger partial charge < -0.3 is 9.84 Å². The van der Waals surface area contributed by atoms with E-state index in [1.807, 2.05) is 19.1 Å². The number of phenols is 1. The molecule has 3 aromatic rings. The third kappa shape index (κ3) is 6.67. The molecule has 0 saturated heterocycles. The zero-order valence-corrected chi connectivity index (χ0v) is 18.0. The zero-order valence-electron chi connectivity index (χ0n) is 17.2. The summed E-state index contributed by atoms with van der Waals surface area (Å²) < 4.78 is 34.9. The molecule has 0 heterocycles. The van der Waals surface area contributed by atoms with Gasteiger partial charge in [-0.05, 0) is 61.0 Å². The second kappa shape index (κ2) is 10.2. The standard InChI is InChI=1S/C24H24O6S/c1-18-3-13-23(14-4-18)31(27,28)30-16-2-15-29-22-11-5-19(6-12-22)17-24(26)20-7-9-21(25)10-8-20/h3-14,25H,2,15-17H2,1H3. The highest BCUT2D eigenvalue weighted by atomic mass is 32.2. The van der Waals surface area contributed by atoms with E-state index in [0.717, 1.165) is 11.1 Å². The van der Waals surface area contributed by atoms with Gasteiger partial charge in [-0.2, -0.15) is 8.42 Å². The van der Waals surface area contributed by atoms with Crippen LogP contribution < -0.4 is 4.74 Å². The first-order chi connectivity index (χ1) is 14.8. The molecule has 0 bridgehead atoms. The van der Waals surface area contributed by atoms with Crippen LogP contribution in [0.4, 0.5) is 0 Å². The molecule has 1 N–H and O–H groups in total. The van der Waals surface area contributed by atoms with Gasteiger partial charge in [0.15, 0.2) is 5.78 Å². The van der Waals surface area contributed by atoms with Gasteiger partial charge >= 0.3 is 0 Å². The van der Waals surface area contributed by atoms with E-state index in [1.54, 1.807) is 36.4 Å². The maximum Gasteiger partial charge on any atom is 0.296 e. The van der Waals surface area contributed by atoms with E-state index in [4.69, 9.17) is 8.92 Å². The number of benzene rings is 3. The minimum absolute atomic E-state index is 0.0232. The van der Waals surface area contributed by atoms with Gasteiger partial charge in [0.05, 0.1) is 18.1 Å². The Morgan fingerprint density at radius 2 is 1.52 bits per heavy atom. The van der Waals surface area contributed by atoms with Gasteiger partial charge in [-0.25, -0.2) is 0 Å². The number of Topliss-reactive ketones (excluding diaryl/α,β-unsaturated/α-hetero) is 1. The maximum absolute atomic E-state index is 12.3. The summed E-state index contributed by atoms with van der Waals surface area (Å²) in [5.41, 5.74) is 2.36. The van der Waals surface area contributed by atoms with Crippen molar-refractivity contribution in [3.8, 4) is 11.5 Å². The fourth-order valence-electron chi connectivity index (χ4n) is 2.83. The summed E-state index contributed by atoms with van der Waals surface area (Å²) in [6, 6.07) is 19.8. The molecule has 0 saturated carbocycles. The Morgan fingerprint density at radius 3 is 2.16 bits per heavy atom. The van der Waals surface area contributed by atoms with Gasteiger partial charge in [-0.1, -0.05) is 29.8 Å². The van der Waals surface area contributed by atoms with Crippen molar-refractivity contribution in [3.05, 3.63) is 89.5 Å². The SMILES string of the molecule is Cc1ccc(S(=O)(=O)OCCCOc2ccc(CC(=O)c3ccc(O)cc3)cc2)cc1. The lowest BCUT2D eigenvalue weighted by Crippen LogP contribution is -2.10. The molecule has 0 amide bonds. The Labute approximate surface area is 182 Å². The molecule has 0 aliphatic carbocycles. The number of ketones is 1. The molecule has 3 rings (SSSR count). The second-order valence-electron chi connectivity index (χ2n) is 7.08. The quantitative estimate of drug-likeness (QED) is 0.287. The molecule has 6 nitrogen and oxygen atoms in total. The predicted molar refractivity (Wildman–Crippen MR) is 117 cm³/mol. The van der Waals surface area contributed by atoms with Gasteiger partial charge in [0.2, 0.25) is 0 Å². The highest BCUT2D eigenvalue weighted by Crippen LogP contribution is 2.17. The van der Waals surface area contributed by atoms with E-state index in [9.17, 15) is 18.3 Å². The maximum atomic E-state index is 12.3. The minimum Gasteiger partial charge on any atom is -0.508 e. The van der Waals surface area contributed by atoms with Gasteiger partial charge in [0.25, 0.3) is 10.1 Å². The lowest BCUT2D eigenvalue weighted by atomic mass is 10.0. The lowest BCUT2D eigenvalue weighted by Gasteiger charge is -2.08. The Hall–Kier alpha value is -3.16. The van der Waals surface area contributed by atoms with Crippen LogP contribution in [0.2, 0.25) is 0 Å². The summed E-state index contributed by atoms with van der Waals surface area (Å²) in [5.74, 6) is 0.707. The zero-order chi connectivity index (χ0) is 22.3. The van der Waals surface area contributed by atoms with Crippen molar-refractivity contribution in [2.75, 3.05) is 13.2 Å². The van der Waals surface area contributed by atoms with Crippen LogP contribution in [0.3, 0.4) is 0 Å². The molecule has 0 aromatic heterocycles. The van der Waals surface area contributed by atoms with E-state index in [0.29, 0.717) is 24.3 Å². The predicted octanol–water partition coefficient (Wildman–Crippen LogP) is 4.30. The Kier molecular flexibility index (Phi) is 7.44. The highest BCUT2D eigenvalue weighted by Gasteiger charge is 2.14. The van der Waals surface area contributed by atoms with Crippen LogP contribution in [0.25, 0.3) is 0 Å². The average molecular weight is 441 g/mol. The first-order valence-electron chi connectivity index (χ1n) is 9.83. The van der Waals surface area contributed by atoms with Crippen LogP contribution >= 0.6 is 0 Å². The van der Waals surface area contributed by atoms with Gasteiger partial charge in [-0.3, -0.25) is 8.98 Å². The Morgan fingerprint density at radius 1 is 0.871 bits per heavy atom. The molecule has 3 aromatic carbocycles. The molecule has 0 aliphatic heterocycles. The van der Waals surface area contributed by atoms with Crippen LogP contribution in [0.5, 0.6) is 11.5 Å². The number of rotatable bonds is 10. The van der Waals surface area contributed by atoms with Gasteiger partial charge in [-0.15, -0.1) is 0 Å². The largest absolute Gasteiger partial charge is 0.508 e. The Balaban J connectivity index is 1.41. The van der Waals surface area contributed by atoms with E-state index in [2.05, 4.69) is 0 Å². The first-order valence-corrected chi connectivity index (χ1v) is 11.2. The number of hydrogen-bond donors (Lipinski definition) is 1. The van der Waals surface area contributed by atoms with Crippen molar-refractivity contribution in [1.82, 2.24) is 0 Å². The Bertz CT molecular complexity index is 1100. The van der Waals surface area contributed by atoms with Crippen LogP contribution in [-0.2, 0) is 20.7 Å². The summed E-state index contributed by atoms with van der Waals surface area (Å²) in [6.07, 6.45) is 0.655. The first kappa shape index (κ1) is 22.5. The average Bonchev–Trinajstić information content (AvgIpc) is 2.75. The normalized spacial score (nSPS) is 11.3. The number of hydrogen-bond acceptors (Lipinski definition) is 6. The molecule has 0 fully saturated rings. The summed E-state index contributed by atoms with van der Waals surface area (Å²) in [4.78, 5) is 12.4. The fourth-order valence-corrected chi connectivity index (χ4v) is 3.77. The van der Waals surface area contributed by atoms with E-state index < -0.39 is 10.1 Å². The summed E-state index contributed by atoms with van der Waals surface area (Å²) in [5, 5.41) is 9.30. The number of phenolic OH excluding ortho intramolecular Hbond substituents is 1. The molecular weight excluding hydrogens is 416 g/mol. The minimum atomic E-state index is -3.77. The van der Waals surface area contributed by atoms with Gasteiger partial charge in [0.1, 0.15) is 11.5 Å². The highest BCUT2D eigenvalue weighted by molar-refractivity contribution is 7.86.